The molecule has 34 heavy (non-hydrogen) atoms. The van der Waals surface area contributed by atoms with E-state index in [-0.39, 0.29) is 12.0 Å². The SMILES string of the molecule is CC(C)C[C@@H](NC(=O)c1ccc(NCC2C=NC=N2)cc1-c1cccc2ccccc12)C(=O)O. The van der Waals surface area contributed by atoms with Crippen LogP contribution in [0.4, 0.5) is 5.69 Å². The summed E-state index contributed by atoms with van der Waals surface area (Å²) in [6.07, 6.45) is 3.67. The summed E-state index contributed by atoms with van der Waals surface area (Å²) in [6.45, 7) is 4.45. The predicted octanol–water partition coefficient (Wildman–Crippen LogP) is 4.63. The van der Waals surface area contributed by atoms with Gasteiger partial charge < -0.3 is 15.7 Å². The van der Waals surface area contributed by atoms with Gasteiger partial charge in [-0.1, -0.05) is 56.3 Å². The average molecular weight is 457 g/mol. The molecule has 0 aromatic heterocycles. The summed E-state index contributed by atoms with van der Waals surface area (Å²) in [6, 6.07) is 18.5. The van der Waals surface area contributed by atoms with Crippen molar-refractivity contribution in [3.63, 3.8) is 0 Å². The fraction of sp³-hybridized carbons (Fsp3) is 0.259. The monoisotopic (exact) mass is 456 g/mol. The van der Waals surface area contributed by atoms with Gasteiger partial charge in [-0.15, -0.1) is 0 Å². The fourth-order valence-electron chi connectivity index (χ4n) is 4.09. The normalized spacial score (nSPS) is 15.6. The second-order valence-corrected chi connectivity index (χ2v) is 8.79. The molecule has 0 bridgehead atoms. The Morgan fingerprint density at radius 1 is 1.03 bits per heavy atom. The average Bonchev–Trinajstić information content (AvgIpc) is 3.35. The number of hydrogen-bond donors (Lipinski definition) is 3. The Morgan fingerprint density at radius 2 is 1.82 bits per heavy atom. The molecule has 0 saturated heterocycles. The number of nitrogens with one attached hydrogen (secondary N) is 2. The molecule has 2 atom stereocenters. The summed E-state index contributed by atoms with van der Waals surface area (Å²) in [5.41, 5.74) is 2.91. The van der Waals surface area contributed by atoms with Crippen molar-refractivity contribution in [2.24, 2.45) is 15.9 Å². The van der Waals surface area contributed by atoms with Gasteiger partial charge in [0.2, 0.25) is 0 Å². The van der Waals surface area contributed by atoms with Gasteiger partial charge in [0, 0.05) is 24.0 Å². The number of benzene rings is 3. The second-order valence-electron chi connectivity index (χ2n) is 8.79. The van der Waals surface area contributed by atoms with E-state index >= 15 is 0 Å². The minimum atomic E-state index is -1.04. The number of rotatable bonds is 9. The van der Waals surface area contributed by atoms with E-state index in [0.29, 0.717) is 18.5 Å². The topological polar surface area (TPSA) is 103 Å². The lowest BCUT2D eigenvalue weighted by Crippen LogP contribution is -2.41. The molecule has 0 radical (unpaired) electrons. The zero-order valence-electron chi connectivity index (χ0n) is 19.2. The van der Waals surface area contributed by atoms with E-state index < -0.39 is 17.9 Å². The van der Waals surface area contributed by atoms with Crippen molar-refractivity contribution in [3.8, 4) is 11.1 Å². The van der Waals surface area contributed by atoms with Crippen molar-refractivity contribution in [2.75, 3.05) is 11.9 Å². The number of aliphatic imine (C=N–C) groups is 2. The van der Waals surface area contributed by atoms with Crippen molar-refractivity contribution in [3.05, 3.63) is 66.2 Å². The van der Waals surface area contributed by atoms with Crippen LogP contribution in [0.5, 0.6) is 0 Å². The Hall–Kier alpha value is -4.00. The van der Waals surface area contributed by atoms with Crippen LogP contribution in [0.1, 0.15) is 30.6 Å². The highest BCUT2D eigenvalue weighted by Crippen LogP contribution is 2.33. The minimum Gasteiger partial charge on any atom is -0.480 e. The third-order valence-corrected chi connectivity index (χ3v) is 5.75. The first-order chi connectivity index (χ1) is 16.4. The van der Waals surface area contributed by atoms with E-state index in [1.165, 1.54) is 6.34 Å². The Bertz CT molecular complexity index is 1250. The number of anilines is 1. The fourth-order valence-corrected chi connectivity index (χ4v) is 4.09. The van der Waals surface area contributed by atoms with Gasteiger partial charge in [-0.05, 0) is 52.4 Å². The first-order valence-electron chi connectivity index (χ1n) is 11.4. The van der Waals surface area contributed by atoms with Gasteiger partial charge in [0.05, 0.1) is 0 Å². The largest absolute Gasteiger partial charge is 0.480 e. The molecule has 7 nitrogen and oxygen atoms in total. The molecular formula is C27H28N4O3. The minimum absolute atomic E-state index is 0.0312. The van der Waals surface area contributed by atoms with Crippen molar-refractivity contribution in [2.45, 2.75) is 32.4 Å². The number of aliphatic carboxylic acids is 1. The standard InChI is InChI=1S/C27H28N4O3/c1-17(2)12-25(27(33)34)31-26(32)23-11-10-19(29-15-20-14-28-16-30-20)13-24(23)22-9-5-7-18-6-3-4-8-21(18)22/h3-11,13-14,16-17,20,25,29H,12,15H2,1-2H3,(H,31,32)(H,33,34)/t20?,25-/m1/s1. The molecule has 0 fully saturated rings. The third-order valence-electron chi connectivity index (χ3n) is 5.75. The number of carbonyl (C=O) groups excluding carboxylic acids is 1. The Balaban J connectivity index is 1.73. The Morgan fingerprint density at radius 3 is 2.56 bits per heavy atom. The summed E-state index contributed by atoms with van der Waals surface area (Å²) >= 11 is 0. The summed E-state index contributed by atoms with van der Waals surface area (Å²) in [7, 11) is 0. The molecule has 3 aromatic rings. The molecule has 0 aliphatic carbocycles. The maximum atomic E-state index is 13.3. The van der Waals surface area contributed by atoms with Crippen LogP contribution in [0.25, 0.3) is 21.9 Å². The van der Waals surface area contributed by atoms with Gasteiger partial charge in [0.15, 0.2) is 0 Å². The number of nitrogens with zero attached hydrogens (tertiary/aromatic N) is 2. The van der Waals surface area contributed by atoms with Gasteiger partial charge in [-0.2, -0.15) is 0 Å². The maximum Gasteiger partial charge on any atom is 0.326 e. The van der Waals surface area contributed by atoms with E-state index in [0.717, 1.165) is 27.6 Å². The van der Waals surface area contributed by atoms with Crippen LogP contribution in [0.2, 0.25) is 0 Å². The number of carboxylic acids is 1. The molecule has 1 amide bonds. The van der Waals surface area contributed by atoms with Crippen LogP contribution in [0.3, 0.4) is 0 Å². The summed E-state index contributed by atoms with van der Waals surface area (Å²) in [4.78, 5) is 33.3. The Labute approximate surface area is 198 Å². The lowest BCUT2D eigenvalue weighted by Gasteiger charge is -2.19. The number of hydrogen-bond acceptors (Lipinski definition) is 5. The smallest absolute Gasteiger partial charge is 0.326 e. The molecule has 3 N–H and O–H groups in total. The van der Waals surface area contributed by atoms with Crippen molar-refractivity contribution >= 4 is 40.9 Å². The highest BCUT2D eigenvalue weighted by Gasteiger charge is 2.24. The van der Waals surface area contributed by atoms with E-state index in [1.54, 1.807) is 12.3 Å². The van der Waals surface area contributed by atoms with Gasteiger partial charge in [0.25, 0.3) is 5.91 Å². The van der Waals surface area contributed by atoms with E-state index in [1.807, 2.05) is 68.4 Å². The quantitative estimate of drug-likeness (QED) is 0.437. The lowest BCUT2D eigenvalue weighted by atomic mass is 9.93. The molecule has 0 spiro atoms. The molecule has 174 valence electrons. The van der Waals surface area contributed by atoms with Crippen LogP contribution in [0.15, 0.2) is 70.6 Å². The highest BCUT2D eigenvalue weighted by molar-refractivity contribution is 6.07. The molecule has 3 aromatic carbocycles. The van der Waals surface area contributed by atoms with Crippen molar-refractivity contribution in [1.82, 2.24) is 5.32 Å². The zero-order valence-corrected chi connectivity index (χ0v) is 19.2. The van der Waals surface area contributed by atoms with Crippen molar-refractivity contribution in [1.29, 1.82) is 0 Å². The molecule has 7 heteroatoms. The lowest BCUT2D eigenvalue weighted by molar-refractivity contribution is -0.139. The molecule has 4 rings (SSSR count). The predicted molar refractivity (Wildman–Crippen MR) is 137 cm³/mol. The molecule has 1 unspecified atom stereocenters. The van der Waals surface area contributed by atoms with E-state index in [9.17, 15) is 14.7 Å². The Kier molecular flexibility index (Phi) is 7.01. The third kappa shape index (κ3) is 5.31. The molecule has 1 aliphatic rings. The molecule has 1 heterocycles. The maximum absolute atomic E-state index is 13.3. The highest BCUT2D eigenvalue weighted by atomic mass is 16.4. The van der Waals surface area contributed by atoms with Gasteiger partial charge in [0.1, 0.15) is 18.4 Å². The first kappa shape index (κ1) is 23.2. The summed E-state index contributed by atoms with van der Waals surface area (Å²) < 4.78 is 0. The molecule has 1 aliphatic heterocycles. The van der Waals surface area contributed by atoms with Gasteiger partial charge >= 0.3 is 5.97 Å². The van der Waals surface area contributed by atoms with Crippen LogP contribution in [-0.2, 0) is 4.79 Å². The van der Waals surface area contributed by atoms with Crippen LogP contribution < -0.4 is 10.6 Å². The first-order valence-corrected chi connectivity index (χ1v) is 11.4. The second kappa shape index (κ2) is 10.3. The van der Waals surface area contributed by atoms with Crippen LogP contribution in [-0.4, -0.2) is 48.2 Å². The van der Waals surface area contributed by atoms with Crippen molar-refractivity contribution < 1.29 is 14.7 Å². The number of fused-ring (bicyclic) bond motifs is 1. The summed E-state index contributed by atoms with van der Waals surface area (Å²) in [5.74, 6) is -1.31. The van der Waals surface area contributed by atoms with E-state index in [4.69, 9.17) is 0 Å². The van der Waals surface area contributed by atoms with Crippen LogP contribution in [0, 0.1) is 5.92 Å². The number of carboxylic acid groups (broad SMARTS) is 1. The summed E-state index contributed by atoms with van der Waals surface area (Å²) in [5, 5.41) is 17.8. The van der Waals surface area contributed by atoms with E-state index in [2.05, 4.69) is 20.6 Å². The van der Waals surface area contributed by atoms with Gasteiger partial charge in [-0.3, -0.25) is 9.79 Å². The molecule has 0 saturated carbocycles. The van der Waals surface area contributed by atoms with Gasteiger partial charge in [-0.25, -0.2) is 9.79 Å². The van der Waals surface area contributed by atoms with Crippen LogP contribution >= 0.6 is 0 Å². The number of amides is 1. The number of carbonyl (C=O) groups is 2. The zero-order chi connectivity index (χ0) is 24.1. The molecular weight excluding hydrogens is 428 g/mol.